The number of rotatable bonds is 9. The maximum atomic E-state index is 13.6. The highest BCUT2D eigenvalue weighted by atomic mass is 19.1. The minimum atomic E-state index is -1.18. The van der Waals surface area contributed by atoms with E-state index in [-0.39, 0.29) is 12.8 Å². The van der Waals surface area contributed by atoms with Crippen molar-refractivity contribution in [2.75, 3.05) is 11.9 Å². The van der Waals surface area contributed by atoms with Gasteiger partial charge in [0.1, 0.15) is 11.6 Å². The van der Waals surface area contributed by atoms with Crippen molar-refractivity contribution in [3.05, 3.63) is 101 Å². The minimum absolute atomic E-state index is 0.149. The lowest BCUT2D eigenvalue weighted by atomic mass is 9.90. The largest absolute Gasteiger partial charge is 0.392 e. The number of benzodiazepines with no additional fused rings is 1. The summed E-state index contributed by atoms with van der Waals surface area (Å²) in [7, 11) is 1.65. The molecule has 1 saturated carbocycles. The summed E-state index contributed by atoms with van der Waals surface area (Å²) in [4.78, 5) is 33.3. The average Bonchev–Trinajstić information content (AvgIpc) is 3.76. The number of nitrogens with one attached hydrogen (secondary N) is 1. The first-order chi connectivity index (χ1) is 18.8. The molecule has 2 N–H and O–H groups in total. The average molecular weight is 532 g/mol. The third-order valence-electron chi connectivity index (χ3n) is 7.41. The number of carbonyl (C=O) groups excluding carboxylic acids is 2. The SMILES string of the molecule is CN1C(=O)C(NC(=O)[C@H](CC2CC2)[C@@H](O)CCc2cc(F)cc(F)c2)N=C(c2ccccc2)c2ccccc21. The van der Waals surface area contributed by atoms with E-state index in [9.17, 15) is 23.5 Å². The molecule has 1 heterocycles. The number of para-hydroxylation sites is 1. The molecule has 0 radical (unpaired) electrons. The number of hydrogen-bond donors (Lipinski definition) is 2. The third kappa shape index (κ3) is 6.23. The van der Waals surface area contributed by atoms with Gasteiger partial charge in [-0.3, -0.25) is 9.59 Å². The van der Waals surface area contributed by atoms with E-state index in [0.29, 0.717) is 29.3 Å². The van der Waals surface area contributed by atoms with Crippen LogP contribution in [0.15, 0.2) is 77.8 Å². The van der Waals surface area contributed by atoms with E-state index in [1.54, 1.807) is 7.05 Å². The van der Waals surface area contributed by atoms with Crippen molar-refractivity contribution in [1.29, 1.82) is 0 Å². The molecular formula is C31H31F2N3O3. The second-order valence-electron chi connectivity index (χ2n) is 10.3. The van der Waals surface area contributed by atoms with E-state index in [4.69, 9.17) is 4.99 Å². The predicted molar refractivity (Wildman–Crippen MR) is 145 cm³/mol. The van der Waals surface area contributed by atoms with Crippen molar-refractivity contribution in [2.24, 2.45) is 16.8 Å². The molecule has 1 aliphatic carbocycles. The maximum absolute atomic E-state index is 13.6. The molecule has 0 aromatic heterocycles. The van der Waals surface area contributed by atoms with Gasteiger partial charge in [-0.1, -0.05) is 61.4 Å². The van der Waals surface area contributed by atoms with E-state index in [2.05, 4.69) is 5.32 Å². The molecule has 1 unspecified atom stereocenters. The number of aliphatic hydroxyl groups is 1. The highest BCUT2D eigenvalue weighted by molar-refractivity contribution is 6.20. The van der Waals surface area contributed by atoms with E-state index < -0.39 is 41.6 Å². The Morgan fingerprint density at radius 3 is 2.41 bits per heavy atom. The smallest absolute Gasteiger partial charge is 0.272 e. The molecule has 1 aliphatic heterocycles. The Morgan fingerprint density at radius 2 is 1.72 bits per heavy atom. The normalized spacial score (nSPS) is 18.6. The van der Waals surface area contributed by atoms with Crippen LogP contribution >= 0.6 is 0 Å². The Kier molecular flexibility index (Phi) is 7.84. The van der Waals surface area contributed by atoms with Gasteiger partial charge in [0, 0.05) is 24.2 Å². The minimum Gasteiger partial charge on any atom is -0.392 e. The molecule has 8 heteroatoms. The summed E-state index contributed by atoms with van der Waals surface area (Å²) in [6.45, 7) is 0. The Bertz CT molecular complexity index is 1370. The standard InChI is InChI=1S/C31H31F2N3O3/c1-36-26-10-6-5-9-24(26)28(21-7-3-2-4-8-21)34-29(31(36)39)35-30(38)25(17-19-11-12-19)27(37)14-13-20-15-22(32)18-23(33)16-20/h2-10,15-16,18-19,25,27,29,37H,11-14,17H2,1H3,(H,35,38)/t25-,27+,29?/m1/s1. The topological polar surface area (TPSA) is 82.0 Å². The van der Waals surface area contributed by atoms with Gasteiger partial charge in [0.05, 0.1) is 23.4 Å². The first-order valence-corrected chi connectivity index (χ1v) is 13.2. The van der Waals surface area contributed by atoms with Crippen molar-refractivity contribution in [3.8, 4) is 0 Å². The van der Waals surface area contributed by atoms with Crippen molar-refractivity contribution < 1.29 is 23.5 Å². The number of nitrogens with zero attached hydrogens (tertiary/aromatic N) is 2. The van der Waals surface area contributed by atoms with Gasteiger partial charge in [-0.25, -0.2) is 13.8 Å². The molecule has 5 rings (SSSR count). The van der Waals surface area contributed by atoms with E-state index >= 15 is 0 Å². The van der Waals surface area contributed by atoms with Crippen molar-refractivity contribution >= 4 is 23.2 Å². The molecule has 202 valence electrons. The second kappa shape index (κ2) is 11.5. The molecule has 2 amide bonds. The summed E-state index contributed by atoms with van der Waals surface area (Å²) < 4.78 is 27.2. The summed E-state index contributed by atoms with van der Waals surface area (Å²) in [5, 5.41) is 13.9. The number of anilines is 1. The number of amides is 2. The third-order valence-corrected chi connectivity index (χ3v) is 7.41. The molecule has 0 bridgehead atoms. The molecule has 2 aliphatic rings. The Hall–Kier alpha value is -3.91. The van der Waals surface area contributed by atoms with Gasteiger partial charge >= 0.3 is 0 Å². The molecule has 6 nitrogen and oxygen atoms in total. The number of fused-ring (bicyclic) bond motifs is 1. The first-order valence-electron chi connectivity index (χ1n) is 13.2. The zero-order valence-electron chi connectivity index (χ0n) is 21.7. The van der Waals surface area contributed by atoms with Crippen LogP contribution in [0.5, 0.6) is 0 Å². The Balaban J connectivity index is 1.39. The van der Waals surface area contributed by atoms with Gasteiger partial charge < -0.3 is 15.3 Å². The van der Waals surface area contributed by atoms with Crippen molar-refractivity contribution in [3.63, 3.8) is 0 Å². The number of halogens is 2. The summed E-state index contributed by atoms with van der Waals surface area (Å²) in [5.41, 5.74) is 3.25. The monoisotopic (exact) mass is 531 g/mol. The zero-order valence-corrected chi connectivity index (χ0v) is 21.7. The molecule has 3 atom stereocenters. The molecule has 1 fully saturated rings. The van der Waals surface area contributed by atoms with E-state index in [1.165, 1.54) is 17.0 Å². The van der Waals surface area contributed by atoms with Crippen LogP contribution < -0.4 is 10.2 Å². The highest BCUT2D eigenvalue weighted by Crippen LogP contribution is 2.37. The lowest BCUT2D eigenvalue weighted by molar-refractivity contribution is -0.133. The second-order valence-corrected chi connectivity index (χ2v) is 10.3. The van der Waals surface area contributed by atoms with Gasteiger partial charge in [0.25, 0.3) is 5.91 Å². The molecular weight excluding hydrogens is 500 g/mol. The van der Waals surface area contributed by atoms with Gasteiger partial charge in [-0.2, -0.15) is 0 Å². The fourth-order valence-corrected chi connectivity index (χ4v) is 5.11. The number of aliphatic imine (C=N–C) groups is 1. The molecule has 3 aromatic rings. The van der Waals surface area contributed by atoms with Gasteiger partial charge in [-0.05, 0) is 48.9 Å². The number of hydrogen-bond acceptors (Lipinski definition) is 4. The van der Waals surface area contributed by atoms with Crippen LogP contribution in [0.2, 0.25) is 0 Å². The molecule has 0 spiro atoms. The summed E-state index contributed by atoms with van der Waals surface area (Å²) in [5.74, 6) is -2.69. The van der Waals surface area contributed by atoms with Crippen molar-refractivity contribution in [2.45, 2.75) is 44.4 Å². The van der Waals surface area contributed by atoms with E-state index in [1.807, 2.05) is 54.6 Å². The molecule has 0 saturated heterocycles. The fourth-order valence-electron chi connectivity index (χ4n) is 5.11. The first kappa shape index (κ1) is 26.7. The number of likely N-dealkylation sites (N-methyl/N-ethyl adjacent to an activating group) is 1. The van der Waals surface area contributed by atoms with Crippen molar-refractivity contribution in [1.82, 2.24) is 5.32 Å². The van der Waals surface area contributed by atoms with Crippen LogP contribution in [0.4, 0.5) is 14.5 Å². The summed E-state index contributed by atoms with van der Waals surface area (Å²) in [6.07, 6.45) is 0.542. The summed E-state index contributed by atoms with van der Waals surface area (Å²) >= 11 is 0. The Morgan fingerprint density at radius 1 is 1.05 bits per heavy atom. The van der Waals surface area contributed by atoms with E-state index in [0.717, 1.165) is 30.0 Å². The van der Waals surface area contributed by atoms with Crippen LogP contribution in [0.1, 0.15) is 42.4 Å². The number of benzene rings is 3. The van der Waals surface area contributed by atoms with Crippen LogP contribution in [0.25, 0.3) is 0 Å². The Labute approximate surface area is 226 Å². The van der Waals surface area contributed by atoms with Crippen LogP contribution in [0.3, 0.4) is 0 Å². The summed E-state index contributed by atoms with van der Waals surface area (Å²) in [6, 6.07) is 20.2. The molecule has 39 heavy (non-hydrogen) atoms. The number of aryl methyl sites for hydroxylation is 1. The lowest BCUT2D eigenvalue weighted by Crippen LogP contribution is -2.49. The van der Waals surface area contributed by atoms with Crippen LogP contribution in [-0.2, 0) is 16.0 Å². The molecule has 3 aromatic carbocycles. The number of aliphatic hydroxyl groups excluding tert-OH is 1. The van der Waals surface area contributed by atoms with Gasteiger partial charge in [0.15, 0.2) is 0 Å². The number of carbonyl (C=O) groups is 2. The van der Waals surface area contributed by atoms with Gasteiger partial charge in [-0.15, -0.1) is 0 Å². The zero-order chi connectivity index (χ0) is 27.5. The van der Waals surface area contributed by atoms with Crippen LogP contribution in [0, 0.1) is 23.5 Å². The maximum Gasteiger partial charge on any atom is 0.272 e. The quantitative estimate of drug-likeness (QED) is 0.423. The lowest BCUT2D eigenvalue weighted by Gasteiger charge is -2.25. The predicted octanol–water partition coefficient (Wildman–Crippen LogP) is 4.63. The fraction of sp³-hybridized carbons (Fsp3) is 0.323. The van der Waals surface area contributed by atoms with Gasteiger partial charge in [0.2, 0.25) is 12.1 Å². The van der Waals surface area contributed by atoms with Crippen LogP contribution in [-0.4, -0.2) is 41.9 Å². The highest BCUT2D eigenvalue weighted by Gasteiger charge is 2.37.